The summed E-state index contributed by atoms with van der Waals surface area (Å²) in [7, 11) is 0. The first-order valence-corrected chi connectivity index (χ1v) is 5.38. The molecule has 0 saturated heterocycles. The van der Waals surface area contributed by atoms with Crippen molar-refractivity contribution < 1.29 is 15.3 Å². The van der Waals surface area contributed by atoms with E-state index < -0.39 is 0 Å². The molecule has 0 aromatic rings. The Kier molecular flexibility index (Phi) is 5.40. The van der Waals surface area contributed by atoms with Crippen LogP contribution in [0.3, 0.4) is 0 Å². The first-order chi connectivity index (χ1) is 6.80. The van der Waals surface area contributed by atoms with Crippen LogP contribution in [-0.4, -0.2) is 47.2 Å². The summed E-state index contributed by atoms with van der Waals surface area (Å²) in [6, 6.07) is 0.127. The van der Waals surface area contributed by atoms with Crippen molar-refractivity contribution >= 4 is 0 Å². The normalized spacial score (nSPS) is 28.3. The van der Waals surface area contributed by atoms with E-state index in [4.69, 9.17) is 15.3 Å². The lowest BCUT2D eigenvalue weighted by atomic mass is 9.86. The zero-order chi connectivity index (χ0) is 10.4. The quantitative estimate of drug-likeness (QED) is 0.485. The summed E-state index contributed by atoms with van der Waals surface area (Å²) in [6.45, 7) is 0.189. The van der Waals surface area contributed by atoms with Crippen LogP contribution < -0.4 is 5.32 Å². The average molecular weight is 203 g/mol. The Balaban J connectivity index is 2.29. The lowest BCUT2D eigenvalue weighted by molar-refractivity contribution is 0.131. The Bertz CT molecular complexity index is 150. The molecule has 4 heteroatoms. The van der Waals surface area contributed by atoms with E-state index in [1.54, 1.807) is 0 Å². The van der Waals surface area contributed by atoms with Gasteiger partial charge in [-0.2, -0.15) is 0 Å². The minimum Gasteiger partial charge on any atom is -0.396 e. The number of hydrogen-bond donors (Lipinski definition) is 4. The number of nitrogens with one attached hydrogen (secondary N) is 1. The van der Waals surface area contributed by atoms with E-state index >= 15 is 0 Å². The van der Waals surface area contributed by atoms with Crippen LogP contribution in [0.1, 0.15) is 25.7 Å². The predicted molar refractivity (Wildman–Crippen MR) is 53.9 cm³/mol. The summed E-state index contributed by atoms with van der Waals surface area (Å²) in [6.07, 6.45) is 4.24. The molecule has 4 N–H and O–H groups in total. The Morgan fingerprint density at radius 3 is 2.43 bits per heavy atom. The minimum atomic E-state index is -0.211. The highest BCUT2D eigenvalue weighted by atomic mass is 16.3. The molecular formula is C10H21NO3. The summed E-state index contributed by atoms with van der Waals surface area (Å²) in [5.41, 5.74) is 0. The van der Waals surface area contributed by atoms with Gasteiger partial charge in [-0.05, 0) is 25.2 Å². The van der Waals surface area contributed by atoms with Crippen molar-refractivity contribution in [3.8, 4) is 0 Å². The van der Waals surface area contributed by atoms with Crippen LogP contribution >= 0.6 is 0 Å². The van der Waals surface area contributed by atoms with Gasteiger partial charge in [-0.25, -0.2) is 0 Å². The third-order valence-electron chi connectivity index (χ3n) is 2.95. The van der Waals surface area contributed by atoms with Gasteiger partial charge in [0, 0.05) is 12.6 Å². The van der Waals surface area contributed by atoms with Crippen molar-refractivity contribution in [3.63, 3.8) is 0 Å². The SMILES string of the molecule is OCC1CCCC(NC(CO)CO)C1. The standard InChI is InChI=1S/C10H21NO3/c12-5-8-2-1-3-9(4-8)11-10(6-13)7-14/h8-14H,1-7H2. The van der Waals surface area contributed by atoms with Crippen molar-refractivity contribution in [1.29, 1.82) is 0 Å². The van der Waals surface area contributed by atoms with Crippen LogP contribution in [0.4, 0.5) is 0 Å². The Morgan fingerprint density at radius 1 is 1.14 bits per heavy atom. The van der Waals surface area contributed by atoms with Crippen molar-refractivity contribution in [2.45, 2.75) is 37.8 Å². The van der Waals surface area contributed by atoms with Crippen LogP contribution in [0.5, 0.6) is 0 Å². The molecule has 1 rings (SSSR count). The highest BCUT2D eigenvalue weighted by Crippen LogP contribution is 2.23. The lowest BCUT2D eigenvalue weighted by Crippen LogP contribution is -2.45. The molecule has 0 bridgehead atoms. The van der Waals surface area contributed by atoms with Gasteiger partial charge in [0.2, 0.25) is 0 Å². The van der Waals surface area contributed by atoms with E-state index in [2.05, 4.69) is 5.32 Å². The first kappa shape index (κ1) is 11.9. The molecule has 14 heavy (non-hydrogen) atoms. The summed E-state index contributed by atoms with van der Waals surface area (Å²) in [5.74, 6) is 0.388. The van der Waals surface area contributed by atoms with Gasteiger partial charge in [0.25, 0.3) is 0 Å². The van der Waals surface area contributed by atoms with Gasteiger partial charge < -0.3 is 20.6 Å². The van der Waals surface area contributed by atoms with Gasteiger partial charge in [-0.3, -0.25) is 0 Å². The molecule has 1 saturated carbocycles. The predicted octanol–water partition coefficient (Wildman–Crippen LogP) is -0.520. The number of hydrogen-bond acceptors (Lipinski definition) is 4. The molecule has 0 aromatic carbocycles. The summed E-state index contributed by atoms with van der Waals surface area (Å²) < 4.78 is 0. The van der Waals surface area contributed by atoms with Crippen molar-refractivity contribution in [2.24, 2.45) is 5.92 Å². The fraction of sp³-hybridized carbons (Fsp3) is 1.00. The van der Waals surface area contributed by atoms with Crippen LogP contribution in [0.25, 0.3) is 0 Å². The Hall–Kier alpha value is -0.160. The molecule has 0 radical (unpaired) electrons. The molecule has 0 amide bonds. The Morgan fingerprint density at radius 2 is 1.86 bits per heavy atom. The Labute approximate surface area is 85.0 Å². The molecule has 0 aliphatic heterocycles. The maximum absolute atomic E-state index is 9.03. The average Bonchev–Trinajstić information content (AvgIpc) is 2.26. The molecule has 2 unspecified atom stereocenters. The van der Waals surface area contributed by atoms with Crippen molar-refractivity contribution in [2.75, 3.05) is 19.8 Å². The monoisotopic (exact) mass is 203 g/mol. The smallest absolute Gasteiger partial charge is 0.0607 e. The minimum absolute atomic E-state index is 0.0310. The summed E-state index contributed by atoms with van der Waals surface area (Å²) in [4.78, 5) is 0. The van der Waals surface area contributed by atoms with Crippen LogP contribution in [-0.2, 0) is 0 Å². The summed E-state index contributed by atoms with van der Waals surface area (Å²) >= 11 is 0. The maximum atomic E-state index is 9.03. The molecule has 0 aromatic heterocycles. The molecule has 2 atom stereocenters. The second-order valence-electron chi connectivity index (χ2n) is 4.14. The maximum Gasteiger partial charge on any atom is 0.0607 e. The molecule has 1 aliphatic carbocycles. The van der Waals surface area contributed by atoms with Crippen LogP contribution in [0, 0.1) is 5.92 Å². The fourth-order valence-corrected chi connectivity index (χ4v) is 2.10. The first-order valence-electron chi connectivity index (χ1n) is 5.38. The molecule has 4 nitrogen and oxygen atoms in total. The number of aliphatic hydroxyl groups excluding tert-OH is 3. The van der Waals surface area contributed by atoms with Crippen LogP contribution in [0.15, 0.2) is 0 Å². The van der Waals surface area contributed by atoms with E-state index in [-0.39, 0.29) is 25.9 Å². The zero-order valence-electron chi connectivity index (χ0n) is 8.52. The van der Waals surface area contributed by atoms with E-state index in [0.717, 1.165) is 25.7 Å². The number of aliphatic hydroxyl groups is 3. The molecule has 0 spiro atoms. The second kappa shape index (κ2) is 6.35. The number of rotatable bonds is 5. The van der Waals surface area contributed by atoms with Crippen molar-refractivity contribution in [3.05, 3.63) is 0 Å². The highest BCUT2D eigenvalue weighted by Gasteiger charge is 2.22. The second-order valence-corrected chi connectivity index (χ2v) is 4.14. The molecular weight excluding hydrogens is 182 g/mol. The zero-order valence-corrected chi connectivity index (χ0v) is 8.52. The van der Waals surface area contributed by atoms with E-state index in [9.17, 15) is 0 Å². The van der Waals surface area contributed by atoms with Gasteiger partial charge in [0.1, 0.15) is 0 Å². The van der Waals surface area contributed by atoms with Crippen LogP contribution in [0.2, 0.25) is 0 Å². The topological polar surface area (TPSA) is 72.7 Å². The van der Waals surface area contributed by atoms with Gasteiger partial charge in [0.15, 0.2) is 0 Å². The highest BCUT2D eigenvalue weighted by molar-refractivity contribution is 4.80. The third-order valence-corrected chi connectivity index (χ3v) is 2.95. The van der Waals surface area contributed by atoms with Gasteiger partial charge in [0.05, 0.1) is 19.3 Å². The fourth-order valence-electron chi connectivity index (χ4n) is 2.10. The van der Waals surface area contributed by atoms with E-state index in [1.807, 2.05) is 0 Å². The third kappa shape index (κ3) is 3.53. The molecule has 84 valence electrons. The molecule has 1 aliphatic rings. The van der Waals surface area contributed by atoms with Gasteiger partial charge in [-0.1, -0.05) is 6.42 Å². The van der Waals surface area contributed by atoms with Gasteiger partial charge in [-0.15, -0.1) is 0 Å². The lowest BCUT2D eigenvalue weighted by Gasteiger charge is -2.31. The summed E-state index contributed by atoms with van der Waals surface area (Å²) in [5, 5.41) is 30.1. The van der Waals surface area contributed by atoms with Gasteiger partial charge >= 0.3 is 0 Å². The van der Waals surface area contributed by atoms with Crippen molar-refractivity contribution in [1.82, 2.24) is 5.32 Å². The van der Waals surface area contributed by atoms with E-state index in [1.165, 1.54) is 0 Å². The largest absolute Gasteiger partial charge is 0.396 e. The van der Waals surface area contributed by atoms with E-state index in [0.29, 0.717) is 12.0 Å². The molecule has 0 heterocycles. The molecule has 1 fully saturated rings.